The molecule has 100 valence electrons. The van der Waals surface area contributed by atoms with E-state index in [0.29, 0.717) is 12.1 Å². The highest BCUT2D eigenvalue weighted by atomic mass is 16.5. The Morgan fingerprint density at radius 1 is 1.06 bits per heavy atom. The van der Waals surface area contributed by atoms with Crippen LogP contribution >= 0.6 is 0 Å². The first-order chi connectivity index (χ1) is 8.28. The fraction of sp³-hybridized carbons (Fsp3) is 1.00. The van der Waals surface area contributed by atoms with Crippen LogP contribution in [-0.2, 0) is 4.74 Å². The highest BCUT2D eigenvalue weighted by molar-refractivity contribution is 4.80. The highest BCUT2D eigenvalue weighted by Crippen LogP contribution is 2.28. The summed E-state index contributed by atoms with van der Waals surface area (Å²) in [7, 11) is 1.86. The Balaban J connectivity index is 1.64. The lowest BCUT2D eigenvalue weighted by Crippen LogP contribution is -2.39. The van der Waals surface area contributed by atoms with E-state index in [0.717, 1.165) is 11.8 Å². The van der Waals surface area contributed by atoms with Gasteiger partial charge in [0, 0.05) is 13.2 Å². The topological polar surface area (TPSA) is 21.3 Å². The average molecular weight is 239 g/mol. The third kappa shape index (κ3) is 4.26. The van der Waals surface area contributed by atoms with Gasteiger partial charge in [-0.15, -0.1) is 0 Å². The number of hydrogen-bond acceptors (Lipinski definition) is 2. The van der Waals surface area contributed by atoms with Gasteiger partial charge in [-0.1, -0.05) is 19.8 Å². The van der Waals surface area contributed by atoms with Crippen LogP contribution in [0.25, 0.3) is 0 Å². The van der Waals surface area contributed by atoms with Crippen molar-refractivity contribution in [2.75, 3.05) is 13.7 Å². The quantitative estimate of drug-likeness (QED) is 0.812. The summed E-state index contributed by atoms with van der Waals surface area (Å²) >= 11 is 0. The number of rotatable bonds is 4. The molecule has 1 N–H and O–H groups in total. The molecule has 0 spiro atoms. The predicted octanol–water partition coefficient (Wildman–Crippen LogP) is 3.36. The molecule has 2 aliphatic rings. The third-order valence-corrected chi connectivity index (χ3v) is 4.79. The third-order valence-electron chi connectivity index (χ3n) is 4.79. The molecule has 0 saturated heterocycles. The standard InChI is InChI=1S/C15H29NO/c1-12-6-8-13(9-7-12)11-16-14-4-3-5-15(10-14)17-2/h12-16H,3-11H2,1-2H3. The maximum atomic E-state index is 5.49. The molecule has 0 bridgehead atoms. The Morgan fingerprint density at radius 2 is 1.82 bits per heavy atom. The van der Waals surface area contributed by atoms with Gasteiger partial charge in [-0.3, -0.25) is 0 Å². The van der Waals surface area contributed by atoms with Gasteiger partial charge in [-0.05, 0) is 56.9 Å². The molecule has 0 aromatic carbocycles. The van der Waals surface area contributed by atoms with Crippen LogP contribution in [0.2, 0.25) is 0 Å². The zero-order valence-electron chi connectivity index (χ0n) is 11.6. The lowest BCUT2D eigenvalue weighted by Gasteiger charge is -2.32. The summed E-state index contributed by atoms with van der Waals surface area (Å²) in [4.78, 5) is 0. The molecule has 2 atom stereocenters. The molecule has 0 aliphatic heterocycles. The first-order valence-electron chi connectivity index (χ1n) is 7.54. The largest absolute Gasteiger partial charge is 0.381 e. The van der Waals surface area contributed by atoms with Crippen molar-refractivity contribution in [2.45, 2.75) is 70.4 Å². The summed E-state index contributed by atoms with van der Waals surface area (Å²) in [6.07, 6.45) is 11.4. The van der Waals surface area contributed by atoms with E-state index in [1.165, 1.54) is 57.9 Å². The molecule has 0 heterocycles. The molecule has 17 heavy (non-hydrogen) atoms. The van der Waals surface area contributed by atoms with Crippen LogP contribution in [0.15, 0.2) is 0 Å². The van der Waals surface area contributed by atoms with Gasteiger partial charge in [0.15, 0.2) is 0 Å². The van der Waals surface area contributed by atoms with Gasteiger partial charge in [0.1, 0.15) is 0 Å². The molecular formula is C15H29NO. The van der Waals surface area contributed by atoms with Crippen LogP contribution in [0, 0.1) is 11.8 Å². The molecular weight excluding hydrogens is 210 g/mol. The van der Waals surface area contributed by atoms with Gasteiger partial charge in [0.2, 0.25) is 0 Å². The van der Waals surface area contributed by atoms with Crippen molar-refractivity contribution in [1.82, 2.24) is 5.32 Å². The van der Waals surface area contributed by atoms with Crippen molar-refractivity contribution in [2.24, 2.45) is 11.8 Å². The number of hydrogen-bond donors (Lipinski definition) is 1. The van der Waals surface area contributed by atoms with Crippen molar-refractivity contribution in [3.8, 4) is 0 Å². The van der Waals surface area contributed by atoms with E-state index in [1.807, 2.05) is 7.11 Å². The van der Waals surface area contributed by atoms with E-state index >= 15 is 0 Å². The van der Waals surface area contributed by atoms with Crippen molar-refractivity contribution >= 4 is 0 Å². The summed E-state index contributed by atoms with van der Waals surface area (Å²) in [6, 6.07) is 0.716. The van der Waals surface area contributed by atoms with E-state index in [1.54, 1.807) is 0 Å². The van der Waals surface area contributed by atoms with Gasteiger partial charge < -0.3 is 10.1 Å². The minimum Gasteiger partial charge on any atom is -0.381 e. The Hall–Kier alpha value is -0.0800. The molecule has 2 saturated carbocycles. The Kier molecular flexibility index (Phi) is 5.30. The maximum absolute atomic E-state index is 5.49. The maximum Gasteiger partial charge on any atom is 0.0586 e. The minimum absolute atomic E-state index is 0.507. The van der Waals surface area contributed by atoms with Crippen LogP contribution in [0.1, 0.15) is 58.3 Å². The van der Waals surface area contributed by atoms with E-state index in [-0.39, 0.29) is 0 Å². The smallest absolute Gasteiger partial charge is 0.0586 e. The second-order valence-electron chi connectivity index (χ2n) is 6.26. The molecule has 0 aromatic heterocycles. The molecule has 0 radical (unpaired) electrons. The van der Waals surface area contributed by atoms with Crippen LogP contribution in [0.5, 0.6) is 0 Å². The average Bonchev–Trinajstić information content (AvgIpc) is 2.38. The summed E-state index contributed by atoms with van der Waals surface area (Å²) in [5.41, 5.74) is 0. The highest BCUT2D eigenvalue weighted by Gasteiger charge is 2.23. The molecule has 2 heteroatoms. The van der Waals surface area contributed by atoms with Gasteiger partial charge in [0.05, 0.1) is 6.10 Å². The normalized spacial score (nSPS) is 39.2. The molecule has 2 aliphatic carbocycles. The zero-order valence-corrected chi connectivity index (χ0v) is 11.6. The molecule has 2 rings (SSSR count). The fourth-order valence-electron chi connectivity index (χ4n) is 3.41. The fourth-order valence-corrected chi connectivity index (χ4v) is 3.41. The number of ether oxygens (including phenoxy) is 1. The second-order valence-corrected chi connectivity index (χ2v) is 6.26. The lowest BCUT2D eigenvalue weighted by molar-refractivity contribution is 0.0577. The summed E-state index contributed by atoms with van der Waals surface area (Å²) in [5, 5.41) is 3.79. The van der Waals surface area contributed by atoms with Crippen molar-refractivity contribution < 1.29 is 4.74 Å². The van der Waals surface area contributed by atoms with Crippen molar-refractivity contribution in [1.29, 1.82) is 0 Å². The molecule has 2 nitrogen and oxygen atoms in total. The van der Waals surface area contributed by atoms with Gasteiger partial charge in [0.25, 0.3) is 0 Å². The number of nitrogens with one attached hydrogen (secondary N) is 1. The van der Waals surface area contributed by atoms with Crippen LogP contribution in [-0.4, -0.2) is 25.8 Å². The summed E-state index contributed by atoms with van der Waals surface area (Å²) in [5.74, 6) is 1.91. The van der Waals surface area contributed by atoms with Gasteiger partial charge >= 0.3 is 0 Å². The van der Waals surface area contributed by atoms with E-state index in [2.05, 4.69) is 12.2 Å². The van der Waals surface area contributed by atoms with Crippen LogP contribution < -0.4 is 5.32 Å². The molecule has 2 unspecified atom stereocenters. The van der Waals surface area contributed by atoms with E-state index in [4.69, 9.17) is 4.74 Å². The molecule has 0 amide bonds. The SMILES string of the molecule is COC1CCCC(NCC2CCC(C)CC2)C1. The van der Waals surface area contributed by atoms with Gasteiger partial charge in [-0.25, -0.2) is 0 Å². The van der Waals surface area contributed by atoms with E-state index in [9.17, 15) is 0 Å². The predicted molar refractivity (Wildman–Crippen MR) is 72.2 cm³/mol. The van der Waals surface area contributed by atoms with Crippen molar-refractivity contribution in [3.05, 3.63) is 0 Å². The Morgan fingerprint density at radius 3 is 2.53 bits per heavy atom. The lowest BCUT2D eigenvalue weighted by atomic mass is 9.82. The summed E-state index contributed by atoms with van der Waals surface area (Å²) < 4.78 is 5.49. The Labute approximate surface area is 107 Å². The molecule has 2 fully saturated rings. The summed E-state index contributed by atoms with van der Waals surface area (Å²) in [6.45, 7) is 3.64. The number of methoxy groups -OCH3 is 1. The minimum atomic E-state index is 0.507. The molecule has 0 aromatic rings. The van der Waals surface area contributed by atoms with E-state index < -0.39 is 0 Å². The van der Waals surface area contributed by atoms with Crippen molar-refractivity contribution in [3.63, 3.8) is 0 Å². The zero-order chi connectivity index (χ0) is 12.1. The van der Waals surface area contributed by atoms with Crippen LogP contribution in [0.4, 0.5) is 0 Å². The second kappa shape index (κ2) is 6.75. The van der Waals surface area contributed by atoms with Gasteiger partial charge in [-0.2, -0.15) is 0 Å². The first kappa shape index (κ1) is 13.4. The van der Waals surface area contributed by atoms with Crippen LogP contribution in [0.3, 0.4) is 0 Å². The monoisotopic (exact) mass is 239 g/mol. The Bertz CT molecular complexity index is 211. The first-order valence-corrected chi connectivity index (χ1v) is 7.54.